The lowest BCUT2D eigenvalue weighted by Crippen LogP contribution is -2.30. The number of benzene rings is 2. The molecule has 3 rings (SSSR count). The van der Waals surface area contributed by atoms with Gasteiger partial charge in [0.05, 0.1) is 19.4 Å². The molecule has 2 aromatic carbocycles. The lowest BCUT2D eigenvalue weighted by Gasteiger charge is -2.09. The van der Waals surface area contributed by atoms with Crippen LogP contribution < -0.4 is 15.7 Å². The summed E-state index contributed by atoms with van der Waals surface area (Å²) in [7, 11) is 0. The Morgan fingerprint density at radius 2 is 1.90 bits per heavy atom. The molecular formula is C24H25N3O3. The second-order valence-corrected chi connectivity index (χ2v) is 7.32. The molecule has 0 spiro atoms. The van der Waals surface area contributed by atoms with Crippen LogP contribution in [0.5, 0.6) is 5.75 Å². The highest BCUT2D eigenvalue weighted by Gasteiger charge is 2.11. The topological polar surface area (TPSA) is 72.7 Å². The lowest BCUT2D eigenvalue weighted by molar-refractivity contribution is 0.0953. The first-order valence-electron chi connectivity index (χ1n) is 9.82. The summed E-state index contributed by atoms with van der Waals surface area (Å²) in [6, 6.07) is 20.2. The number of amides is 1. The summed E-state index contributed by atoms with van der Waals surface area (Å²) in [5.74, 6) is 0.620. The predicted octanol–water partition coefficient (Wildman–Crippen LogP) is 3.70. The summed E-state index contributed by atoms with van der Waals surface area (Å²) in [4.78, 5) is 25.1. The van der Waals surface area contributed by atoms with Crippen molar-refractivity contribution in [3.63, 3.8) is 0 Å². The largest absolute Gasteiger partial charge is 0.493 e. The molecule has 1 amide bonds. The maximum absolute atomic E-state index is 12.7. The van der Waals surface area contributed by atoms with Gasteiger partial charge in [0.2, 0.25) is 0 Å². The van der Waals surface area contributed by atoms with Gasteiger partial charge in [-0.15, -0.1) is 0 Å². The van der Waals surface area contributed by atoms with E-state index in [1.54, 1.807) is 12.3 Å². The van der Waals surface area contributed by atoms with Crippen molar-refractivity contribution in [1.82, 2.24) is 9.99 Å². The number of hydrogen-bond acceptors (Lipinski definition) is 4. The number of hydrazone groups is 1. The van der Waals surface area contributed by atoms with Crippen LogP contribution in [0.15, 0.2) is 82.8 Å². The molecule has 1 heterocycles. The first-order valence-corrected chi connectivity index (χ1v) is 9.82. The quantitative estimate of drug-likeness (QED) is 0.460. The Morgan fingerprint density at radius 1 is 1.10 bits per heavy atom. The Kier molecular flexibility index (Phi) is 7.16. The Morgan fingerprint density at radius 3 is 2.67 bits per heavy atom. The molecule has 0 saturated carbocycles. The third kappa shape index (κ3) is 5.91. The van der Waals surface area contributed by atoms with Gasteiger partial charge in [-0.1, -0.05) is 56.3 Å². The molecule has 0 aliphatic heterocycles. The highest BCUT2D eigenvalue weighted by molar-refractivity contribution is 5.94. The zero-order valence-corrected chi connectivity index (χ0v) is 17.1. The van der Waals surface area contributed by atoms with E-state index < -0.39 is 5.91 Å². The maximum Gasteiger partial charge on any atom is 0.276 e. The first-order chi connectivity index (χ1) is 14.5. The SMILES string of the molecule is CC(C)COc1cccc(/C=N\NC(=O)c2cccn(Cc3ccccc3)c2=O)c1. The minimum Gasteiger partial charge on any atom is -0.493 e. The van der Waals surface area contributed by atoms with Crippen molar-refractivity contribution in [2.45, 2.75) is 20.4 Å². The van der Waals surface area contributed by atoms with E-state index in [-0.39, 0.29) is 11.1 Å². The van der Waals surface area contributed by atoms with E-state index in [0.29, 0.717) is 19.1 Å². The van der Waals surface area contributed by atoms with Crippen molar-refractivity contribution < 1.29 is 9.53 Å². The van der Waals surface area contributed by atoms with Gasteiger partial charge >= 0.3 is 0 Å². The molecule has 0 bridgehead atoms. The number of carbonyl (C=O) groups is 1. The fraction of sp³-hybridized carbons (Fsp3) is 0.208. The van der Waals surface area contributed by atoms with Gasteiger partial charge in [0.15, 0.2) is 0 Å². The fourth-order valence-electron chi connectivity index (χ4n) is 2.79. The van der Waals surface area contributed by atoms with Gasteiger partial charge in [0.25, 0.3) is 11.5 Å². The van der Waals surface area contributed by atoms with Crippen molar-refractivity contribution in [2.24, 2.45) is 11.0 Å². The summed E-state index contributed by atoms with van der Waals surface area (Å²) in [6.45, 7) is 5.18. The lowest BCUT2D eigenvalue weighted by atomic mass is 10.2. The van der Waals surface area contributed by atoms with Gasteiger partial charge in [-0.2, -0.15) is 5.10 Å². The van der Waals surface area contributed by atoms with Crippen molar-refractivity contribution in [3.05, 3.63) is 100.0 Å². The van der Waals surface area contributed by atoms with Crippen LogP contribution in [-0.2, 0) is 6.54 Å². The van der Waals surface area contributed by atoms with Gasteiger partial charge < -0.3 is 9.30 Å². The monoisotopic (exact) mass is 403 g/mol. The Hall–Kier alpha value is -3.67. The molecule has 0 aliphatic carbocycles. The van der Waals surface area contributed by atoms with E-state index >= 15 is 0 Å². The van der Waals surface area contributed by atoms with Crippen LogP contribution in [-0.4, -0.2) is 23.3 Å². The number of rotatable bonds is 8. The zero-order valence-electron chi connectivity index (χ0n) is 17.1. The number of ether oxygens (including phenoxy) is 1. The predicted molar refractivity (Wildman–Crippen MR) is 118 cm³/mol. The zero-order chi connectivity index (χ0) is 21.3. The molecule has 0 radical (unpaired) electrons. The number of carbonyl (C=O) groups excluding carboxylic acids is 1. The molecule has 6 heteroatoms. The molecule has 0 fully saturated rings. The van der Waals surface area contributed by atoms with E-state index in [1.165, 1.54) is 16.8 Å². The van der Waals surface area contributed by atoms with Crippen LogP contribution in [0.1, 0.15) is 35.3 Å². The highest BCUT2D eigenvalue weighted by Crippen LogP contribution is 2.13. The minimum absolute atomic E-state index is 0.0413. The maximum atomic E-state index is 12.7. The Labute approximate surface area is 175 Å². The minimum atomic E-state index is -0.550. The number of nitrogens with zero attached hydrogens (tertiary/aromatic N) is 2. The standard InChI is InChI=1S/C24H25N3O3/c1-18(2)17-30-21-11-6-10-20(14-21)15-25-26-23(28)22-12-7-13-27(24(22)29)16-19-8-4-3-5-9-19/h3-15,18H,16-17H2,1-2H3,(H,26,28)/b25-15-. The van der Waals surface area contributed by atoms with Crippen LogP contribution in [0.2, 0.25) is 0 Å². The molecule has 0 saturated heterocycles. The van der Waals surface area contributed by atoms with Crippen LogP contribution in [0.3, 0.4) is 0 Å². The van der Waals surface area contributed by atoms with Crippen molar-refractivity contribution in [2.75, 3.05) is 6.61 Å². The average molecular weight is 403 g/mol. The first kappa shape index (κ1) is 21.0. The van der Waals surface area contributed by atoms with Crippen LogP contribution in [0.4, 0.5) is 0 Å². The van der Waals surface area contributed by atoms with E-state index in [9.17, 15) is 9.59 Å². The molecule has 1 aromatic heterocycles. The summed E-state index contributed by atoms with van der Waals surface area (Å²) in [5.41, 5.74) is 3.87. The van der Waals surface area contributed by atoms with Gasteiger partial charge in [-0.25, -0.2) is 5.43 Å². The van der Waals surface area contributed by atoms with Gasteiger partial charge in [-0.05, 0) is 41.3 Å². The highest BCUT2D eigenvalue weighted by atomic mass is 16.5. The second kappa shape index (κ2) is 10.2. The van der Waals surface area contributed by atoms with Crippen LogP contribution >= 0.6 is 0 Å². The van der Waals surface area contributed by atoms with Crippen LogP contribution in [0, 0.1) is 5.92 Å². The van der Waals surface area contributed by atoms with Crippen molar-refractivity contribution >= 4 is 12.1 Å². The third-order valence-corrected chi connectivity index (χ3v) is 4.28. The van der Waals surface area contributed by atoms with E-state index in [0.717, 1.165) is 16.9 Å². The number of pyridine rings is 1. The average Bonchev–Trinajstić information content (AvgIpc) is 2.75. The number of hydrogen-bond donors (Lipinski definition) is 1. The second-order valence-electron chi connectivity index (χ2n) is 7.32. The van der Waals surface area contributed by atoms with Crippen molar-refractivity contribution in [1.29, 1.82) is 0 Å². The van der Waals surface area contributed by atoms with Gasteiger partial charge in [0, 0.05) is 6.20 Å². The molecule has 0 aliphatic rings. The molecular weight excluding hydrogens is 378 g/mol. The number of aromatic nitrogens is 1. The molecule has 0 atom stereocenters. The smallest absolute Gasteiger partial charge is 0.276 e. The van der Waals surface area contributed by atoms with E-state index in [1.807, 2.05) is 54.6 Å². The molecule has 0 unspecified atom stereocenters. The van der Waals surface area contributed by atoms with E-state index in [4.69, 9.17) is 4.74 Å². The molecule has 3 aromatic rings. The Balaban J connectivity index is 1.66. The fourth-order valence-corrected chi connectivity index (χ4v) is 2.79. The van der Waals surface area contributed by atoms with Gasteiger partial charge in [0.1, 0.15) is 11.3 Å². The van der Waals surface area contributed by atoms with Crippen molar-refractivity contribution in [3.8, 4) is 5.75 Å². The number of nitrogens with one attached hydrogen (secondary N) is 1. The molecule has 6 nitrogen and oxygen atoms in total. The molecule has 154 valence electrons. The Bertz CT molecular complexity index is 1070. The molecule has 1 N–H and O–H groups in total. The van der Waals surface area contributed by atoms with E-state index in [2.05, 4.69) is 24.4 Å². The van der Waals surface area contributed by atoms with Crippen LogP contribution in [0.25, 0.3) is 0 Å². The summed E-state index contributed by atoms with van der Waals surface area (Å²) >= 11 is 0. The summed E-state index contributed by atoms with van der Waals surface area (Å²) in [5, 5.41) is 3.98. The third-order valence-electron chi connectivity index (χ3n) is 4.28. The normalized spacial score (nSPS) is 11.0. The van der Waals surface area contributed by atoms with Gasteiger partial charge in [-0.3, -0.25) is 9.59 Å². The summed E-state index contributed by atoms with van der Waals surface area (Å²) < 4.78 is 7.19. The summed E-state index contributed by atoms with van der Waals surface area (Å²) in [6.07, 6.45) is 3.18. The molecule has 30 heavy (non-hydrogen) atoms.